The van der Waals surface area contributed by atoms with E-state index in [9.17, 15) is 4.79 Å². The summed E-state index contributed by atoms with van der Waals surface area (Å²) in [6.45, 7) is 6.73. The summed E-state index contributed by atoms with van der Waals surface area (Å²) in [5, 5.41) is 3.60. The van der Waals surface area contributed by atoms with Gasteiger partial charge < -0.3 is 15.0 Å². The van der Waals surface area contributed by atoms with E-state index in [1.807, 2.05) is 55.5 Å². The maximum Gasteiger partial charge on any atom is 0.279 e. The van der Waals surface area contributed by atoms with Crippen LogP contribution in [-0.2, 0) is 4.79 Å². The van der Waals surface area contributed by atoms with Gasteiger partial charge in [0.2, 0.25) is 0 Å². The molecule has 5 heteroatoms. The lowest BCUT2D eigenvalue weighted by Gasteiger charge is -2.19. The van der Waals surface area contributed by atoms with Crippen LogP contribution in [0.15, 0.2) is 48.5 Å². The number of aryl methyl sites for hydroxylation is 1. The first-order valence-corrected chi connectivity index (χ1v) is 9.04. The summed E-state index contributed by atoms with van der Waals surface area (Å²) in [5.41, 5.74) is 1.94. The van der Waals surface area contributed by atoms with Crippen molar-refractivity contribution < 1.29 is 14.4 Å². The number of hydrogen-bond donors (Lipinski definition) is 2. The number of para-hydroxylation sites is 2. The van der Waals surface area contributed by atoms with E-state index in [0.717, 1.165) is 30.8 Å². The highest BCUT2D eigenvalue weighted by Gasteiger charge is 2.14. The fourth-order valence-electron chi connectivity index (χ4n) is 2.66. The van der Waals surface area contributed by atoms with Gasteiger partial charge in [0.1, 0.15) is 18.9 Å². The van der Waals surface area contributed by atoms with Crippen LogP contribution in [0.25, 0.3) is 0 Å². The molecule has 2 aromatic rings. The van der Waals surface area contributed by atoms with Crippen molar-refractivity contribution in [3.63, 3.8) is 0 Å². The second-order valence-electron chi connectivity index (χ2n) is 6.07. The van der Waals surface area contributed by atoms with E-state index >= 15 is 0 Å². The van der Waals surface area contributed by atoms with Crippen molar-refractivity contribution in [2.24, 2.45) is 0 Å². The zero-order chi connectivity index (χ0) is 18.1. The molecule has 2 aromatic carbocycles. The van der Waals surface area contributed by atoms with Crippen molar-refractivity contribution in [2.75, 3.05) is 31.6 Å². The number of nitrogens with one attached hydrogen (secondary N) is 2. The molecule has 0 radical (unpaired) electrons. The molecule has 0 heterocycles. The Balaban J connectivity index is 1.84. The predicted octanol–water partition coefficient (Wildman–Crippen LogP) is 2.96. The predicted molar refractivity (Wildman–Crippen MR) is 103 cm³/mol. The summed E-state index contributed by atoms with van der Waals surface area (Å²) in [5.74, 6) is 0.708. The Kier molecular flexibility index (Phi) is 7.76. The number of anilines is 1. The maximum absolute atomic E-state index is 12.3. The molecule has 2 N–H and O–H groups in total. The number of ether oxygens (including phenoxy) is 1. The van der Waals surface area contributed by atoms with Crippen LogP contribution in [-0.4, -0.2) is 32.1 Å². The molecule has 0 aliphatic heterocycles. The lowest BCUT2D eigenvalue weighted by molar-refractivity contribution is -0.891. The average Bonchev–Trinajstić information content (AvgIpc) is 2.59. The molecule has 0 spiro atoms. The van der Waals surface area contributed by atoms with Gasteiger partial charge in [-0.25, -0.2) is 0 Å². The van der Waals surface area contributed by atoms with Gasteiger partial charge in [0.25, 0.3) is 5.91 Å². The summed E-state index contributed by atoms with van der Waals surface area (Å²) in [6, 6.07) is 15.2. The molecule has 0 aliphatic rings. The van der Waals surface area contributed by atoms with Gasteiger partial charge in [0.05, 0.1) is 11.6 Å². The van der Waals surface area contributed by atoms with Crippen LogP contribution >= 0.6 is 11.6 Å². The third kappa shape index (κ3) is 6.40. The summed E-state index contributed by atoms with van der Waals surface area (Å²) < 4.78 is 5.75. The standard InChI is InChI=1S/C20H25ClN2O2/c1-3-12-23(13-14-25-19-11-7-5-9-17(19)21)15-20(24)22-18-10-6-4-8-16(18)2/h4-11H,3,12-15H2,1-2H3,(H,22,24)/p+1. The number of carbonyl (C=O) groups is 1. The molecule has 25 heavy (non-hydrogen) atoms. The minimum Gasteiger partial charge on any atom is -0.486 e. The summed E-state index contributed by atoms with van der Waals surface area (Å²) >= 11 is 6.09. The van der Waals surface area contributed by atoms with Crippen molar-refractivity contribution in [3.8, 4) is 5.75 Å². The SMILES string of the molecule is CCC[NH+](CCOc1ccccc1Cl)CC(=O)Nc1ccccc1C. The maximum atomic E-state index is 12.3. The highest BCUT2D eigenvalue weighted by atomic mass is 35.5. The van der Waals surface area contributed by atoms with Crippen LogP contribution in [0.1, 0.15) is 18.9 Å². The third-order valence-electron chi connectivity index (χ3n) is 3.98. The Hall–Kier alpha value is -2.04. The smallest absolute Gasteiger partial charge is 0.279 e. The molecule has 2 rings (SSSR count). The summed E-state index contributed by atoms with van der Waals surface area (Å²) in [4.78, 5) is 13.5. The minimum absolute atomic E-state index is 0.0236. The monoisotopic (exact) mass is 361 g/mol. The van der Waals surface area contributed by atoms with Crippen LogP contribution < -0.4 is 15.0 Å². The third-order valence-corrected chi connectivity index (χ3v) is 4.30. The van der Waals surface area contributed by atoms with Gasteiger partial charge in [-0.3, -0.25) is 4.79 Å². The molecular weight excluding hydrogens is 336 g/mol. The number of carbonyl (C=O) groups excluding carboxylic acids is 1. The first-order valence-electron chi connectivity index (χ1n) is 8.66. The Morgan fingerprint density at radius 1 is 1.12 bits per heavy atom. The number of amides is 1. The van der Waals surface area contributed by atoms with Gasteiger partial charge in [-0.05, 0) is 37.1 Å². The average molecular weight is 362 g/mol. The lowest BCUT2D eigenvalue weighted by Crippen LogP contribution is -3.13. The van der Waals surface area contributed by atoms with Gasteiger partial charge >= 0.3 is 0 Å². The molecule has 0 bridgehead atoms. The largest absolute Gasteiger partial charge is 0.486 e. The number of benzene rings is 2. The second-order valence-corrected chi connectivity index (χ2v) is 6.48. The first-order chi connectivity index (χ1) is 12.1. The molecule has 0 aromatic heterocycles. The van der Waals surface area contributed by atoms with E-state index in [2.05, 4.69) is 12.2 Å². The van der Waals surface area contributed by atoms with E-state index in [1.165, 1.54) is 4.90 Å². The van der Waals surface area contributed by atoms with E-state index in [4.69, 9.17) is 16.3 Å². The number of hydrogen-bond acceptors (Lipinski definition) is 2. The van der Waals surface area contributed by atoms with Crippen LogP contribution in [0.3, 0.4) is 0 Å². The molecule has 0 fully saturated rings. The van der Waals surface area contributed by atoms with Gasteiger partial charge in [-0.1, -0.05) is 48.9 Å². The van der Waals surface area contributed by atoms with Crippen molar-refractivity contribution in [1.29, 1.82) is 0 Å². The van der Waals surface area contributed by atoms with Crippen molar-refractivity contribution >= 4 is 23.2 Å². The van der Waals surface area contributed by atoms with Crippen molar-refractivity contribution in [3.05, 3.63) is 59.1 Å². The fraction of sp³-hybridized carbons (Fsp3) is 0.350. The minimum atomic E-state index is 0.0236. The molecule has 0 aliphatic carbocycles. The van der Waals surface area contributed by atoms with Gasteiger partial charge in [-0.15, -0.1) is 0 Å². The Morgan fingerprint density at radius 2 is 1.84 bits per heavy atom. The number of rotatable bonds is 9. The Bertz CT molecular complexity index is 691. The fourth-order valence-corrected chi connectivity index (χ4v) is 2.85. The van der Waals surface area contributed by atoms with E-state index in [-0.39, 0.29) is 5.91 Å². The van der Waals surface area contributed by atoms with Gasteiger partial charge in [-0.2, -0.15) is 0 Å². The molecular formula is C20H26ClN2O2+. The number of quaternary nitrogens is 1. The normalized spacial score (nSPS) is 11.8. The lowest BCUT2D eigenvalue weighted by atomic mass is 10.2. The van der Waals surface area contributed by atoms with E-state index in [0.29, 0.717) is 23.9 Å². The molecule has 1 unspecified atom stereocenters. The van der Waals surface area contributed by atoms with Crippen LogP contribution in [0.5, 0.6) is 5.75 Å². The van der Waals surface area contributed by atoms with E-state index in [1.54, 1.807) is 0 Å². The first kappa shape index (κ1) is 19.3. The van der Waals surface area contributed by atoms with Crippen LogP contribution in [0.2, 0.25) is 5.02 Å². The van der Waals surface area contributed by atoms with Crippen molar-refractivity contribution in [2.45, 2.75) is 20.3 Å². The zero-order valence-corrected chi connectivity index (χ0v) is 15.6. The molecule has 1 amide bonds. The second kappa shape index (κ2) is 10.1. The summed E-state index contributed by atoms with van der Waals surface area (Å²) in [6.07, 6.45) is 1.01. The molecule has 4 nitrogen and oxygen atoms in total. The highest BCUT2D eigenvalue weighted by Crippen LogP contribution is 2.22. The highest BCUT2D eigenvalue weighted by molar-refractivity contribution is 6.32. The van der Waals surface area contributed by atoms with Crippen LogP contribution in [0, 0.1) is 6.92 Å². The molecule has 0 saturated heterocycles. The van der Waals surface area contributed by atoms with Crippen molar-refractivity contribution in [1.82, 2.24) is 0 Å². The molecule has 0 saturated carbocycles. The summed E-state index contributed by atoms with van der Waals surface area (Å²) in [7, 11) is 0. The zero-order valence-electron chi connectivity index (χ0n) is 14.8. The molecule has 1 atom stereocenters. The Labute approximate surface area is 154 Å². The number of halogens is 1. The topological polar surface area (TPSA) is 42.8 Å². The van der Waals surface area contributed by atoms with E-state index < -0.39 is 0 Å². The molecule has 134 valence electrons. The Morgan fingerprint density at radius 3 is 2.56 bits per heavy atom. The van der Waals surface area contributed by atoms with Gasteiger partial charge in [0.15, 0.2) is 6.54 Å². The quantitative estimate of drug-likeness (QED) is 0.721. The van der Waals surface area contributed by atoms with Crippen LogP contribution in [0.4, 0.5) is 5.69 Å². The van der Waals surface area contributed by atoms with Gasteiger partial charge in [0, 0.05) is 5.69 Å².